The largest absolute Gasteiger partial charge is 0.492 e. The number of carbonyl (C=O) groups is 4. The zero-order valence-corrected chi connectivity index (χ0v) is 16.4. The van der Waals surface area contributed by atoms with Gasteiger partial charge in [-0.3, -0.25) is 14.4 Å². The second kappa shape index (κ2) is 11.7. The van der Waals surface area contributed by atoms with Gasteiger partial charge in [-0.2, -0.15) is 0 Å². The maximum absolute atomic E-state index is 12.4. The van der Waals surface area contributed by atoms with Crippen LogP contribution in [-0.4, -0.2) is 47.9 Å². The summed E-state index contributed by atoms with van der Waals surface area (Å²) in [6, 6.07) is 7.87. The highest BCUT2D eigenvalue weighted by atomic mass is 16.5. The third-order valence-corrected chi connectivity index (χ3v) is 4.09. The van der Waals surface area contributed by atoms with E-state index in [1.54, 1.807) is 26.0 Å². The van der Waals surface area contributed by atoms with Crippen LogP contribution in [0.5, 0.6) is 5.75 Å². The molecule has 2 unspecified atom stereocenters. The van der Waals surface area contributed by atoms with E-state index in [4.69, 9.17) is 9.84 Å². The summed E-state index contributed by atoms with van der Waals surface area (Å²) in [7, 11) is 0. The van der Waals surface area contributed by atoms with E-state index in [9.17, 15) is 19.2 Å². The number of nitrogens with one attached hydrogen (secondary N) is 2. The monoisotopic (exact) mass is 392 g/mol. The molecule has 8 nitrogen and oxygen atoms in total. The third-order valence-electron chi connectivity index (χ3n) is 4.09. The molecule has 0 aliphatic heterocycles. The number of para-hydroxylation sites is 1. The third kappa shape index (κ3) is 8.66. The lowest BCUT2D eigenvalue weighted by Gasteiger charge is -2.22. The smallest absolute Gasteiger partial charge is 0.326 e. The number of aliphatic carboxylic acids is 1. The Morgan fingerprint density at radius 1 is 1.07 bits per heavy atom. The number of Topliss-reactive ketones (excluding diaryl/α,β-unsaturated/α-hetero) is 1. The fourth-order valence-corrected chi connectivity index (χ4v) is 2.55. The van der Waals surface area contributed by atoms with Crippen LogP contribution in [0.3, 0.4) is 0 Å². The van der Waals surface area contributed by atoms with Crippen LogP contribution in [0.4, 0.5) is 0 Å². The molecule has 3 N–H and O–H groups in total. The molecule has 0 bridgehead atoms. The molecule has 0 aliphatic carbocycles. The van der Waals surface area contributed by atoms with E-state index in [0.29, 0.717) is 5.75 Å². The van der Waals surface area contributed by atoms with Crippen LogP contribution in [0.1, 0.15) is 33.6 Å². The molecule has 0 fully saturated rings. The van der Waals surface area contributed by atoms with E-state index in [1.165, 1.54) is 6.92 Å². The Morgan fingerprint density at radius 3 is 2.25 bits per heavy atom. The molecule has 0 radical (unpaired) electrons. The lowest BCUT2D eigenvalue weighted by atomic mass is 9.90. The van der Waals surface area contributed by atoms with Gasteiger partial charge in [0, 0.05) is 18.8 Å². The Morgan fingerprint density at radius 2 is 1.71 bits per heavy atom. The second-order valence-corrected chi connectivity index (χ2v) is 6.87. The van der Waals surface area contributed by atoms with E-state index < -0.39 is 23.8 Å². The minimum Gasteiger partial charge on any atom is -0.492 e. The lowest BCUT2D eigenvalue weighted by molar-refractivity contribution is -0.144. The van der Waals surface area contributed by atoms with E-state index in [1.807, 2.05) is 18.2 Å². The van der Waals surface area contributed by atoms with Crippen molar-refractivity contribution >= 4 is 23.6 Å². The molecule has 1 aromatic rings. The summed E-state index contributed by atoms with van der Waals surface area (Å²) in [6.45, 7) is 5.37. The molecule has 1 rings (SSSR count). The predicted molar refractivity (Wildman–Crippen MR) is 103 cm³/mol. The van der Waals surface area contributed by atoms with Crippen molar-refractivity contribution in [2.24, 2.45) is 11.8 Å². The van der Waals surface area contributed by atoms with E-state index in [0.717, 1.165) is 0 Å². The van der Waals surface area contributed by atoms with E-state index >= 15 is 0 Å². The summed E-state index contributed by atoms with van der Waals surface area (Å²) >= 11 is 0. The van der Waals surface area contributed by atoms with Gasteiger partial charge in [0.15, 0.2) is 0 Å². The molecule has 0 spiro atoms. The molecular formula is C20H28N2O6. The van der Waals surface area contributed by atoms with Gasteiger partial charge < -0.3 is 20.5 Å². The molecule has 28 heavy (non-hydrogen) atoms. The standard InChI is InChI=1S/C20H28N2O6/c1-13(2)16(19(25)22-17(20(26)27)11-14(3)23)12-18(24)21-9-10-28-15-7-5-4-6-8-15/h4-8,13,16-17H,9-12H2,1-3H3,(H,21,24)(H,22,25)(H,26,27). The van der Waals surface area contributed by atoms with Gasteiger partial charge >= 0.3 is 5.97 Å². The van der Waals surface area contributed by atoms with Crippen molar-refractivity contribution < 1.29 is 29.0 Å². The molecule has 0 heterocycles. The summed E-state index contributed by atoms with van der Waals surface area (Å²) in [5, 5.41) is 14.2. The summed E-state index contributed by atoms with van der Waals surface area (Å²) in [6.07, 6.45) is -0.379. The van der Waals surface area contributed by atoms with Gasteiger partial charge in [0.25, 0.3) is 0 Å². The Bertz CT molecular complexity index is 675. The first-order valence-electron chi connectivity index (χ1n) is 9.17. The molecule has 0 aromatic heterocycles. The predicted octanol–water partition coefficient (Wildman–Crippen LogP) is 1.39. The van der Waals surface area contributed by atoms with Crippen molar-refractivity contribution in [3.63, 3.8) is 0 Å². The zero-order chi connectivity index (χ0) is 21.1. The van der Waals surface area contributed by atoms with Crippen LogP contribution < -0.4 is 15.4 Å². The lowest BCUT2D eigenvalue weighted by Crippen LogP contribution is -2.46. The average Bonchev–Trinajstić information content (AvgIpc) is 2.62. The molecule has 0 saturated carbocycles. The molecule has 1 aromatic carbocycles. The molecular weight excluding hydrogens is 364 g/mol. The highest BCUT2D eigenvalue weighted by molar-refractivity contribution is 5.91. The van der Waals surface area contributed by atoms with Crippen LogP contribution in [0.25, 0.3) is 0 Å². The fourth-order valence-electron chi connectivity index (χ4n) is 2.55. The van der Waals surface area contributed by atoms with Crippen LogP contribution in [0.2, 0.25) is 0 Å². The highest BCUT2D eigenvalue weighted by Gasteiger charge is 2.29. The molecule has 8 heteroatoms. The summed E-state index contributed by atoms with van der Waals surface area (Å²) < 4.78 is 5.48. The second-order valence-electron chi connectivity index (χ2n) is 6.87. The van der Waals surface area contributed by atoms with Crippen molar-refractivity contribution in [3.8, 4) is 5.75 Å². The topological polar surface area (TPSA) is 122 Å². The van der Waals surface area contributed by atoms with Crippen molar-refractivity contribution in [3.05, 3.63) is 30.3 Å². The summed E-state index contributed by atoms with van der Waals surface area (Å²) in [4.78, 5) is 47.0. The highest BCUT2D eigenvalue weighted by Crippen LogP contribution is 2.16. The SMILES string of the molecule is CC(=O)CC(NC(=O)C(CC(=O)NCCOc1ccccc1)C(C)C)C(=O)O. The van der Waals surface area contributed by atoms with Crippen molar-refractivity contribution in [1.82, 2.24) is 10.6 Å². The van der Waals surface area contributed by atoms with Crippen molar-refractivity contribution in [1.29, 1.82) is 0 Å². The van der Waals surface area contributed by atoms with E-state index in [-0.39, 0.29) is 43.6 Å². The van der Waals surface area contributed by atoms with Gasteiger partial charge in [-0.15, -0.1) is 0 Å². The maximum atomic E-state index is 12.4. The quantitative estimate of drug-likeness (QED) is 0.462. The first-order valence-corrected chi connectivity index (χ1v) is 9.17. The maximum Gasteiger partial charge on any atom is 0.326 e. The Labute approximate surface area is 164 Å². The fraction of sp³-hybridized carbons (Fsp3) is 0.500. The molecule has 2 amide bonds. The Balaban J connectivity index is 2.50. The minimum absolute atomic E-state index is 0.0821. The summed E-state index contributed by atoms with van der Waals surface area (Å²) in [5.41, 5.74) is 0. The number of hydrogen-bond acceptors (Lipinski definition) is 5. The number of ketones is 1. The van der Waals surface area contributed by atoms with Crippen LogP contribution in [0.15, 0.2) is 30.3 Å². The van der Waals surface area contributed by atoms with Gasteiger partial charge in [-0.1, -0.05) is 32.0 Å². The first kappa shape index (κ1) is 23.1. The number of carboxylic acids is 1. The number of ether oxygens (including phenoxy) is 1. The van der Waals surface area contributed by atoms with Crippen LogP contribution >= 0.6 is 0 Å². The van der Waals surface area contributed by atoms with Gasteiger partial charge in [-0.05, 0) is 25.0 Å². The first-order chi connectivity index (χ1) is 13.2. The number of amides is 2. The number of rotatable bonds is 12. The van der Waals surface area contributed by atoms with Crippen LogP contribution in [0, 0.1) is 11.8 Å². The van der Waals surface area contributed by atoms with Crippen LogP contribution in [-0.2, 0) is 19.2 Å². The molecule has 0 aliphatic rings. The Hall–Kier alpha value is -2.90. The average molecular weight is 392 g/mol. The number of benzene rings is 1. The Kier molecular flexibility index (Phi) is 9.70. The van der Waals surface area contributed by atoms with Gasteiger partial charge in [0.2, 0.25) is 11.8 Å². The van der Waals surface area contributed by atoms with Crippen molar-refractivity contribution in [2.75, 3.05) is 13.2 Å². The minimum atomic E-state index is -1.30. The molecule has 2 atom stereocenters. The number of carbonyl (C=O) groups excluding carboxylic acids is 3. The number of hydrogen-bond donors (Lipinski definition) is 3. The summed E-state index contributed by atoms with van der Waals surface area (Å²) in [5.74, 6) is -2.70. The number of carboxylic acid groups (broad SMARTS) is 1. The molecule has 154 valence electrons. The zero-order valence-electron chi connectivity index (χ0n) is 16.4. The van der Waals surface area contributed by atoms with Crippen molar-refractivity contribution in [2.45, 2.75) is 39.7 Å². The van der Waals surface area contributed by atoms with Gasteiger partial charge in [0.1, 0.15) is 24.2 Å². The normalized spacial score (nSPS) is 12.7. The van der Waals surface area contributed by atoms with Gasteiger partial charge in [0.05, 0.1) is 6.54 Å². The van der Waals surface area contributed by atoms with E-state index in [2.05, 4.69) is 10.6 Å². The van der Waals surface area contributed by atoms with Gasteiger partial charge in [-0.25, -0.2) is 4.79 Å². The molecule has 0 saturated heterocycles.